The Labute approximate surface area is 483 Å². The molecule has 0 aliphatic heterocycles. The predicted molar refractivity (Wildman–Crippen MR) is 313 cm³/mol. The number of ether oxygens (including phenoxy) is 3. The van der Waals surface area contributed by atoms with Gasteiger partial charge < -0.3 is 35.3 Å². The fourth-order valence-corrected chi connectivity index (χ4v) is 9.33. The zero-order valence-electron chi connectivity index (χ0n) is 45.7. The third kappa shape index (κ3) is 24.8. The number of amides is 2. The SMILES string of the molecule is C.C.C.CC(C)C[C@H](C(=O)O)C(C)C.CC(C)C[C@H](C(=O)OCOC(=O)N(C)[C@]1(c2ccccc2Cl)CCCCC1=O)C(C)C.CC(C)[C@H](N)C(=O)O.CN(C(=O)OCCl)[C@]1(c2ccccc2Cl)CCCCC1=O.CO.Cl. The Kier molecular flexibility index (Phi) is 43.4. The molecule has 2 aromatic carbocycles. The van der Waals surface area contributed by atoms with Gasteiger partial charge in [0.1, 0.15) is 17.1 Å². The van der Waals surface area contributed by atoms with Crippen LogP contribution in [0.2, 0.25) is 10.0 Å². The molecule has 2 amide bonds. The number of carbonyl (C=O) groups is 7. The zero-order valence-corrected chi connectivity index (χ0v) is 48.7. The van der Waals surface area contributed by atoms with Crippen molar-refractivity contribution < 1.29 is 63.1 Å². The lowest BCUT2D eigenvalue weighted by Gasteiger charge is -2.43. The summed E-state index contributed by atoms with van der Waals surface area (Å²) >= 11 is 18.2. The molecule has 2 aliphatic rings. The average molecular weight is 1170 g/mol. The van der Waals surface area contributed by atoms with E-state index in [1.165, 1.54) is 16.8 Å². The first-order chi connectivity index (χ1) is 34.1. The van der Waals surface area contributed by atoms with E-state index in [1.54, 1.807) is 63.4 Å². The molecule has 2 aromatic rings. The van der Waals surface area contributed by atoms with E-state index in [4.69, 9.17) is 70.1 Å². The van der Waals surface area contributed by atoms with Crippen LogP contribution in [-0.4, -0.2) is 107 Å². The summed E-state index contributed by atoms with van der Waals surface area (Å²) in [6, 6.07) is 13.2. The number of alkyl halides is 1. The Hall–Kier alpha value is -4.19. The van der Waals surface area contributed by atoms with Crippen LogP contribution in [0.1, 0.15) is 167 Å². The van der Waals surface area contributed by atoms with Crippen LogP contribution in [0.15, 0.2) is 48.5 Å². The molecular formula is C57H97Cl4N3O13. The Morgan fingerprint density at radius 3 is 1.23 bits per heavy atom. The lowest BCUT2D eigenvalue weighted by molar-refractivity contribution is -0.160. The minimum atomic E-state index is -1.18. The summed E-state index contributed by atoms with van der Waals surface area (Å²) in [6.07, 6.45) is 5.14. The number of aliphatic carboxylic acids is 2. The van der Waals surface area contributed by atoms with Crippen LogP contribution in [0.3, 0.4) is 0 Å². The maximum absolute atomic E-state index is 13.1. The van der Waals surface area contributed by atoms with Crippen LogP contribution in [-0.2, 0) is 49.3 Å². The fraction of sp³-hybridized carbons (Fsp3) is 0.667. The minimum Gasteiger partial charge on any atom is -0.481 e. The van der Waals surface area contributed by atoms with Crippen molar-refractivity contribution in [2.24, 2.45) is 47.2 Å². The molecule has 16 nitrogen and oxygen atoms in total. The van der Waals surface area contributed by atoms with Crippen LogP contribution >= 0.6 is 47.2 Å². The van der Waals surface area contributed by atoms with E-state index >= 15 is 0 Å². The molecule has 0 unspecified atom stereocenters. The largest absolute Gasteiger partial charge is 0.481 e. The van der Waals surface area contributed by atoms with Gasteiger partial charge in [-0.1, -0.05) is 163 Å². The minimum absolute atomic E-state index is 0. The van der Waals surface area contributed by atoms with Crippen molar-refractivity contribution in [3.63, 3.8) is 0 Å². The second-order valence-electron chi connectivity index (χ2n) is 20.0. The zero-order chi connectivity index (χ0) is 56.4. The average Bonchev–Trinajstić information content (AvgIpc) is 3.33. The monoisotopic (exact) mass is 1170 g/mol. The van der Waals surface area contributed by atoms with Gasteiger partial charge in [0, 0.05) is 55.2 Å². The molecule has 0 bridgehead atoms. The quantitative estimate of drug-likeness (QED) is 0.0655. The van der Waals surface area contributed by atoms with Gasteiger partial charge in [-0.3, -0.25) is 33.8 Å². The van der Waals surface area contributed by atoms with Gasteiger partial charge in [0.2, 0.25) is 6.79 Å². The Balaban J connectivity index is -0.000000325. The molecular weight excluding hydrogens is 1080 g/mol. The highest BCUT2D eigenvalue weighted by molar-refractivity contribution is 6.32. The lowest BCUT2D eigenvalue weighted by Crippen LogP contribution is -2.54. The van der Waals surface area contributed by atoms with E-state index in [0.717, 1.165) is 39.2 Å². The standard InChI is InChI=1S/C24H34ClNO5.C15H17Cl2NO3.C9H18O2.C5H11NO2.CH4O.3CH4.ClH/c1-16(2)14-18(17(3)4)22(28)30-15-31-23(29)26(5)24(13-9-8-12-21(24)27)19-10-6-7-11-20(19)25;1-18(14(20)21-10-16)15(9-5-4-8-13(15)19)11-6-2-3-7-12(11)17;1-6(2)5-8(7(3)4)9(10)11;1-3(2)4(6)5(7)8;1-2;;;;/h6-7,10-11,16-18H,8-9,12-15H2,1-5H3;2-3,6-7H,4-5,8-10H2,1H3;6-8H,5H2,1-4H3,(H,10,11);3-4H,6H2,1-2H3,(H,7,8);2H,1H3;3*1H4;1H/t18-,24-;15-;8-;4-;;;;;/m0000...../s1. The number of nitrogens with zero attached hydrogens (tertiary/aromatic N) is 2. The van der Waals surface area contributed by atoms with Crippen molar-refractivity contribution >= 4 is 88.9 Å². The molecule has 20 heteroatoms. The first kappa shape index (κ1) is 81.7. The van der Waals surface area contributed by atoms with E-state index in [0.29, 0.717) is 65.1 Å². The Morgan fingerprint density at radius 2 is 0.961 bits per heavy atom. The van der Waals surface area contributed by atoms with Crippen molar-refractivity contribution in [2.45, 2.75) is 173 Å². The summed E-state index contributed by atoms with van der Waals surface area (Å²) in [7, 11) is 4.09. The highest BCUT2D eigenvalue weighted by Crippen LogP contribution is 2.44. The molecule has 0 aromatic heterocycles. The fourth-order valence-electron chi connectivity index (χ4n) is 8.66. The summed E-state index contributed by atoms with van der Waals surface area (Å²) in [6.45, 7) is 19.1. The smallest absolute Gasteiger partial charge is 0.413 e. The second kappa shape index (κ2) is 40.9. The third-order valence-electron chi connectivity index (χ3n) is 12.9. The summed E-state index contributed by atoms with van der Waals surface area (Å²) in [5, 5.41) is 24.9. The summed E-state index contributed by atoms with van der Waals surface area (Å²) in [5.74, 6) is -1.28. The van der Waals surface area contributed by atoms with E-state index in [1.807, 2.05) is 47.6 Å². The highest BCUT2D eigenvalue weighted by atomic mass is 35.5. The number of hydrogen-bond donors (Lipinski definition) is 4. The van der Waals surface area contributed by atoms with Gasteiger partial charge in [0.15, 0.2) is 17.6 Å². The number of benzene rings is 2. The maximum Gasteiger partial charge on any atom is 0.413 e. The number of carbonyl (C=O) groups excluding carboxylic acids is 5. The number of halogens is 4. The van der Waals surface area contributed by atoms with Crippen LogP contribution in [0.4, 0.5) is 9.59 Å². The number of hydrogen-bond acceptors (Lipinski definition) is 12. The number of rotatable bonds is 17. The van der Waals surface area contributed by atoms with Crippen LogP contribution in [0, 0.1) is 41.4 Å². The van der Waals surface area contributed by atoms with Crippen molar-refractivity contribution in [3.8, 4) is 0 Å². The van der Waals surface area contributed by atoms with Gasteiger partial charge in [-0.05, 0) is 93.1 Å². The van der Waals surface area contributed by atoms with Gasteiger partial charge in [-0.25, -0.2) is 9.59 Å². The third-order valence-corrected chi connectivity index (χ3v) is 13.7. The van der Waals surface area contributed by atoms with Gasteiger partial charge in [0.25, 0.3) is 0 Å². The number of Topliss-reactive ketones (excluding diaryl/α,β-unsaturated/α-hetero) is 2. The molecule has 446 valence electrons. The molecule has 4 rings (SSSR count). The molecule has 0 saturated heterocycles. The van der Waals surface area contributed by atoms with Crippen molar-refractivity contribution in [2.75, 3.05) is 34.1 Å². The van der Waals surface area contributed by atoms with Crippen LogP contribution < -0.4 is 5.73 Å². The molecule has 5 atom stereocenters. The number of ketones is 2. The van der Waals surface area contributed by atoms with E-state index < -0.39 is 48.0 Å². The van der Waals surface area contributed by atoms with Gasteiger partial charge >= 0.3 is 30.1 Å². The van der Waals surface area contributed by atoms with Gasteiger partial charge in [-0.15, -0.1) is 12.4 Å². The van der Waals surface area contributed by atoms with Gasteiger partial charge in [-0.2, -0.15) is 0 Å². The number of nitrogens with two attached hydrogens (primary N) is 1. The highest BCUT2D eigenvalue weighted by Gasteiger charge is 2.50. The first-order valence-corrected chi connectivity index (χ1v) is 26.2. The summed E-state index contributed by atoms with van der Waals surface area (Å²) in [4.78, 5) is 86.5. The van der Waals surface area contributed by atoms with Crippen molar-refractivity contribution in [1.82, 2.24) is 9.80 Å². The molecule has 77 heavy (non-hydrogen) atoms. The topological polar surface area (TPSA) is 240 Å². The molecule has 5 N–H and O–H groups in total. The number of likely N-dealkylation sites (N-methyl/N-ethyl adjacent to an activating group) is 2. The number of carboxylic acids is 2. The normalized spacial score (nSPS) is 17.5. The number of aliphatic hydroxyl groups is 1. The second-order valence-corrected chi connectivity index (χ2v) is 21.0. The Bertz CT molecular complexity index is 2060. The number of esters is 1. The van der Waals surface area contributed by atoms with Crippen LogP contribution in [0.5, 0.6) is 0 Å². The molecule has 2 aliphatic carbocycles. The van der Waals surface area contributed by atoms with Crippen molar-refractivity contribution in [1.29, 1.82) is 0 Å². The molecule has 2 saturated carbocycles. The Morgan fingerprint density at radius 1 is 0.597 bits per heavy atom. The van der Waals surface area contributed by atoms with Gasteiger partial charge in [0.05, 0.1) is 11.8 Å². The lowest BCUT2D eigenvalue weighted by atomic mass is 9.74. The van der Waals surface area contributed by atoms with Crippen molar-refractivity contribution in [3.05, 3.63) is 69.7 Å². The molecule has 0 spiro atoms. The maximum atomic E-state index is 13.1. The predicted octanol–water partition coefficient (Wildman–Crippen LogP) is 13.9. The van der Waals surface area contributed by atoms with Crippen LogP contribution in [0.25, 0.3) is 0 Å². The molecule has 0 radical (unpaired) electrons. The van der Waals surface area contributed by atoms with E-state index in [-0.39, 0.29) is 87.9 Å². The summed E-state index contributed by atoms with van der Waals surface area (Å²) in [5.41, 5.74) is 4.14. The number of carboxylic acid groups (broad SMARTS) is 2. The van der Waals surface area contributed by atoms with E-state index in [9.17, 15) is 33.6 Å². The molecule has 0 heterocycles. The molecule has 2 fully saturated rings. The first-order valence-electron chi connectivity index (χ1n) is 24.9. The number of aliphatic hydroxyl groups excluding tert-OH is 1. The van der Waals surface area contributed by atoms with E-state index in [2.05, 4.69) is 13.8 Å². The summed E-state index contributed by atoms with van der Waals surface area (Å²) < 4.78 is 15.3.